The van der Waals surface area contributed by atoms with E-state index in [0.29, 0.717) is 28.1 Å². The molecule has 0 saturated heterocycles. The number of benzene rings is 1. The van der Waals surface area contributed by atoms with Gasteiger partial charge in [0.05, 0.1) is 18.2 Å². The van der Waals surface area contributed by atoms with Crippen molar-refractivity contribution >= 4 is 28.0 Å². The summed E-state index contributed by atoms with van der Waals surface area (Å²) in [5.74, 6) is -0.197. The molecule has 0 spiro atoms. The number of carboxylic acid groups (broad SMARTS) is 1. The van der Waals surface area contributed by atoms with Gasteiger partial charge in [0.2, 0.25) is 0 Å². The lowest BCUT2D eigenvalue weighted by Gasteiger charge is -2.13. The monoisotopic (exact) mass is 381 g/mol. The van der Waals surface area contributed by atoms with E-state index in [4.69, 9.17) is 19.8 Å². The Morgan fingerprint density at radius 2 is 2.13 bits per heavy atom. The lowest BCUT2D eigenvalue weighted by molar-refractivity contribution is -0.132. The molecular formula is C17H20BrNO4. The third-order valence-electron chi connectivity index (χ3n) is 3.16. The number of aliphatic carboxylic acids is 1. The lowest BCUT2D eigenvalue weighted by Crippen LogP contribution is -2.01. The second kappa shape index (κ2) is 9.90. The van der Waals surface area contributed by atoms with Crippen LogP contribution in [-0.4, -0.2) is 24.8 Å². The number of nitrogens with zero attached hydrogens (tertiary/aromatic N) is 1. The Balaban J connectivity index is 2.95. The molecule has 5 nitrogen and oxygen atoms in total. The predicted octanol–water partition coefficient (Wildman–Crippen LogP) is 4.41. The van der Waals surface area contributed by atoms with E-state index >= 15 is 0 Å². The first kappa shape index (κ1) is 19.0. The zero-order valence-corrected chi connectivity index (χ0v) is 14.9. The first-order valence-electron chi connectivity index (χ1n) is 7.38. The van der Waals surface area contributed by atoms with E-state index in [1.807, 2.05) is 0 Å². The summed E-state index contributed by atoms with van der Waals surface area (Å²) in [6, 6.07) is 4.99. The van der Waals surface area contributed by atoms with Crippen LogP contribution in [0.5, 0.6) is 11.5 Å². The molecule has 0 aromatic heterocycles. The van der Waals surface area contributed by atoms with Gasteiger partial charge in [0, 0.05) is 0 Å². The number of methoxy groups -OCH3 is 1. The molecule has 0 bridgehead atoms. The minimum absolute atomic E-state index is 0.341. The first-order valence-corrected chi connectivity index (χ1v) is 8.18. The summed E-state index contributed by atoms with van der Waals surface area (Å²) < 4.78 is 11.7. The van der Waals surface area contributed by atoms with Crippen LogP contribution in [0.4, 0.5) is 0 Å². The van der Waals surface area contributed by atoms with Crippen molar-refractivity contribution in [3.05, 3.63) is 27.7 Å². The van der Waals surface area contributed by atoms with Crippen molar-refractivity contribution in [2.24, 2.45) is 0 Å². The third kappa shape index (κ3) is 5.95. The molecule has 1 aromatic rings. The minimum Gasteiger partial charge on any atom is -0.493 e. The van der Waals surface area contributed by atoms with E-state index in [2.05, 4.69) is 22.9 Å². The average Bonchev–Trinajstić information content (AvgIpc) is 2.53. The maximum atomic E-state index is 10.9. The van der Waals surface area contributed by atoms with Crippen molar-refractivity contribution in [2.75, 3.05) is 13.7 Å². The summed E-state index contributed by atoms with van der Waals surface area (Å²) in [4.78, 5) is 10.9. The van der Waals surface area contributed by atoms with Gasteiger partial charge in [0.25, 0.3) is 0 Å². The lowest BCUT2D eigenvalue weighted by atomic mass is 10.1. The summed E-state index contributed by atoms with van der Waals surface area (Å²) in [6.45, 7) is 2.74. The van der Waals surface area contributed by atoms with Crippen LogP contribution in [0.15, 0.2) is 22.2 Å². The molecule has 0 aliphatic rings. The second-order valence-electron chi connectivity index (χ2n) is 4.92. The summed E-state index contributed by atoms with van der Waals surface area (Å²) in [5.41, 5.74) is 0.207. The van der Waals surface area contributed by atoms with Crippen LogP contribution in [0.2, 0.25) is 0 Å². The van der Waals surface area contributed by atoms with Crippen LogP contribution in [0.1, 0.15) is 38.2 Å². The zero-order valence-electron chi connectivity index (χ0n) is 13.3. The van der Waals surface area contributed by atoms with E-state index in [1.54, 1.807) is 18.2 Å². The molecule has 0 unspecified atom stereocenters. The van der Waals surface area contributed by atoms with Crippen molar-refractivity contribution in [2.45, 2.75) is 32.6 Å². The Morgan fingerprint density at radius 1 is 1.39 bits per heavy atom. The van der Waals surface area contributed by atoms with Crippen LogP contribution in [-0.2, 0) is 4.79 Å². The Bertz CT molecular complexity index is 620. The number of hydrogen-bond acceptors (Lipinski definition) is 4. The minimum atomic E-state index is -1.26. The van der Waals surface area contributed by atoms with E-state index in [-0.39, 0.29) is 5.57 Å². The van der Waals surface area contributed by atoms with Crippen molar-refractivity contribution in [1.82, 2.24) is 0 Å². The molecule has 0 amide bonds. The van der Waals surface area contributed by atoms with Gasteiger partial charge in [-0.15, -0.1) is 0 Å². The number of nitriles is 1. The van der Waals surface area contributed by atoms with Crippen LogP contribution in [0.25, 0.3) is 6.08 Å². The van der Waals surface area contributed by atoms with Gasteiger partial charge < -0.3 is 14.6 Å². The summed E-state index contributed by atoms with van der Waals surface area (Å²) in [5, 5.41) is 17.7. The molecule has 0 heterocycles. The second-order valence-corrected chi connectivity index (χ2v) is 5.77. The fourth-order valence-corrected chi connectivity index (χ4v) is 2.55. The number of ether oxygens (including phenoxy) is 2. The van der Waals surface area contributed by atoms with Gasteiger partial charge in [-0.05, 0) is 46.1 Å². The van der Waals surface area contributed by atoms with Crippen LogP contribution in [0, 0.1) is 11.3 Å². The van der Waals surface area contributed by atoms with E-state index in [9.17, 15) is 4.79 Å². The normalized spacial score (nSPS) is 11.0. The molecule has 0 fully saturated rings. The number of halogens is 1. The van der Waals surface area contributed by atoms with Crippen molar-refractivity contribution in [1.29, 1.82) is 5.26 Å². The molecule has 0 saturated carbocycles. The molecular weight excluding hydrogens is 362 g/mol. The topological polar surface area (TPSA) is 79.5 Å². The molecule has 23 heavy (non-hydrogen) atoms. The number of carbonyl (C=O) groups is 1. The van der Waals surface area contributed by atoms with Crippen LogP contribution < -0.4 is 9.47 Å². The molecule has 0 aliphatic carbocycles. The van der Waals surface area contributed by atoms with E-state index < -0.39 is 5.97 Å². The number of carboxylic acids is 1. The summed E-state index contributed by atoms with van der Waals surface area (Å²) in [6.07, 6.45) is 5.71. The SMILES string of the molecule is CCCCCCOc1c(Br)cc(C=C(C#N)C(=O)O)cc1OC. The van der Waals surface area contributed by atoms with Gasteiger partial charge in [-0.1, -0.05) is 26.2 Å². The number of rotatable bonds is 9. The highest BCUT2D eigenvalue weighted by atomic mass is 79.9. The maximum Gasteiger partial charge on any atom is 0.346 e. The molecule has 6 heteroatoms. The fourth-order valence-electron chi connectivity index (χ4n) is 1.97. The maximum absolute atomic E-state index is 10.9. The first-order chi connectivity index (χ1) is 11.0. The molecule has 1 N–H and O–H groups in total. The molecule has 1 aromatic carbocycles. The van der Waals surface area contributed by atoms with Crippen molar-refractivity contribution in [3.63, 3.8) is 0 Å². The van der Waals surface area contributed by atoms with E-state index in [0.717, 1.165) is 12.8 Å². The van der Waals surface area contributed by atoms with Gasteiger partial charge in [-0.2, -0.15) is 5.26 Å². The predicted molar refractivity (Wildman–Crippen MR) is 91.6 cm³/mol. The zero-order chi connectivity index (χ0) is 17.2. The highest BCUT2D eigenvalue weighted by Crippen LogP contribution is 2.37. The Kier molecular flexibility index (Phi) is 8.20. The van der Waals surface area contributed by atoms with Gasteiger partial charge in [0.1, 0.15) is 11.6 Å². The highest BCUT2D eigenvalue weighted by molar-refractivity contribution is 9.10. The van der Waals surface area contributed by atoms with Gasteiger partial charge in [0.15, 0.2) is 11.5 Å². The standard InChI is InChI=1S/C17H20BrNO4/c1-3-4-5-6-7-23-16-14(18)9-12(10-15(16)22-2)8-13(11-19)17(20)21/h8-10H,3-7H2,1-2H3,(H,20,21). The largest absolute Gasteiger partial charge is 0.493 e. The van der Waals surface area contributed by atoms with Crippen LogP contribution in [0.3, 0.4) is 0 Å². The molecule has 1 rings (SSSR count). The summed E-state index contributed by atoms with van der Waals surface area (Å²) >= 11 is 3.41. The smallest absolute Gasteiger partial charge is 0.346 e. The number of hydrogen-bond donors (Lipinski definition) is 1. The van der Waals surface area contributed by atoms with Gasteiger partial charge >= 0.3 is 5.97 Å². The fraction of sp³-hybridized carbons (Fsp3) is 0.412. The van der Waals surface area contributed by atoms with E-state index in [1.165, 1.54) is 26.0 Å². The Morgan fingerprint density at radius 3 is 2.70 bits per heavy atom. The number of unbranched alkanes of at least 4 members (excludes halogenated alkanes) is 3. The molecule has 0 aliphatic heterocycles. The Labute approximate surface area is 144 Å². The average molecular weight is 382 g/mol. The Hall–Kier alpha value is -2.00. The quantitative estimate of drug-likeness (QED) is 0.389. The third-order valence-corrected chi connectivity index (χ3v) is 3.75. The van der Waals surface area contributed by atoms with Crippen molar-refractivity contribution < 1.29 is 19.4 Å². The summed E-state index contributed by atoms with van der Waals surface area (Å²) in [7, 11) is 1.52. The van der Waals surface area contributed by atoms with Gasteiger partial charge in [-0.3, -0.25) is 0 Å². The highest BCUT2D eigenvalue weighted by Gasteiger charge is 2.13. The molecule has 0 atom stereocenters. The van der Waals surface area contributed by atoms with Crippen molar-refractivity contribution in [3.8, 4) is 17.6 Å². The van der Waals surface area contributed by atoms with Gasteiger partial charge in [-0.25, -0.2) is 4.79 Å². The van der Waals surface area contributed by atoms with Crippen LogP contribution >= 0.6 is 15.9 Å². The molecule has 124 valence electrons. The molecule has 0 radical (unpaired) electrons.